The van der Waals surface area contributed by atoms with E-state index in [-0.39, 0.29) is 16.6 Å². The number of ketones is 1. The number of nitrogens with one attached hydrogen (secondary N) is 1. The summed E-state index contributed by atoms with van der Waals surface area (Å²) in [5.74, 6) is -0.148. The first kappa shape index (κ1) is 14.7. The number of carbonyl (C=O) groups excluding carboxylic acids is 1. The quantitative estimate of drug-likeness (QED) is 0.839. The summed E-state index contributed by atoms with van der Waals surface area (Å²) < 4.78 is 27.1. The fraction of sp³-hybridized carbons (Fsp3) is 0.429. The van der Waals surface area contributed by atoms with Crippen LogP contribution in [-0.2, 0) is 10.0 Å². The smallest absolute Gasteiger partial charge is 0.241 e. The van der Waals surface area contributed by atoms with Crippen molar-refractivity contribution >= 4 is 15.8 Å². The van der Waals surface area contributed by atoms with Crippen LogP contribution in [0.3, 0.4) is 0 Å². The number of carbonyl (C=O) groups is 1. The minimum atomic E-state index is -3.82. The summed E-state index contributed by atoms with van der Waals surface area (Å²) in [5.41, 5.74) is -0.761. The zero-order valence-corrected chi connectivity index (χ0v) is 12.2. The third-order valence-corrected chi connectivity index (χ3v) is 5.09. The van der Waals surface area contributed by atoms with Crippen molar-refractivity contribution < 1.29 is 13.2 Å². The van der Waals surface area contributed by atoms with Crippen molar-refractivity contribution in [3.63, 3.8) is 0 Å². The van der Waals surface area contributed by atoms with Crippen molar-refractivity contribution in [1.82, 2.24) is 4.72 Å². The molecule has 106 valence electrons. The lowest BCUT2D eigenvalue weighted by molar-refractivity contribution is 0.101. The molecule has 0 bridgehead atoms. The van der Waals surface area contributed by atoms with Crippen LogP contribution >= 0.6 is 0 Å². The van der Waals surface area contributed by atoms with Gasteiger partial charge < -0.3 is 0 Å². The first-order chi connectivity index (χ1) is 9.28. The molecule has 0 aromatic heterocycles. The van der Waals surface area contributed by atoms with Crippen LogP contribution in [-0.4, -0.2) is 19.7 Å². The van der Waals surface area contributed by atoms with Crippen LogP contribution in [0.1, 0.15) is 37.0 Å². The van der Waals surface area contributed by atoms with Gasteiger partial charge in [-0.1, -0.05) is 12.1 Å². The lowest BCUT2D eigenvalue weighted by Gasteiger charge is -2.22. The Kier molecular flexibility index (Phi) is 3.67. The van der Waals surface area contributed by atoms with Crippen LogP contribution < -0.4 is 4.72 Å². The number of sulfonamides is 1. The summed E-state index contributed by atoms with van der Waals surface area (Å²) in [6, 6.07) is 7.87. The molecule has 20 heavy (non-hydrogen) atoms. The summed E-state index contributed by atoms with van der Waals surface area (Å²) in [7, 11) is -3.82. The molecule has 1 aliphatic carbocycles. The van der Waals surface area contributed by atoms with Gasteiger partial charge in [-0.2, -0.15) is 9.98 Å². The predicted octanol–water partition coefficient (Wildman–Crippen LogP) is 1.86. The fourth-order valence-electron chi connectivity index (χ4n) is 2.08. The Morgan fingerprint density at radius 2 is 2.10 bits per heavy atom. The Balaban J connectivity index is 2.33. The molecule has 6 heteroatoms. The average Bonchev–Trinajstić information content (AvgIpc) is 3.23. The third kappa shape index (κ3) is 2.89. The highest BCUT2D eigenvalue weighted by atomic mass is 32.2. The maximum absolute atomic E-state index is 12.3. The molecule has 1 saturated carbocycles. The number of rotatable bonds is 5. The number of nitrogens with zero attached hydrogens (tertiary/aromatic N) is 1. The Morgan fingerprint density at radius 1 is 1.45 bits per heavy atom. The molecule has 0 saturated heterocycles. The molecule has 1 atom stereocenters. The van der Waals surface area contributed by atoms with Gasteiger partial charge in [0.1, 0.15) is 5.54 Å². The molecule has 0 amide bonds. The van der Waals surface area contributed by atoms with Gasteiger partial charge in [-0.25, -0.2) is 8.42 Å². The molecule has 1 aromatic rings. The number of hydrogen-bond acceptors (Lipinski definition) is 4. The SMILES string of the molecule is CC(=O)c1cccc(S(=O)(=O)N[C@](C)(C#N)C2CC2)c1. The first-order valence-corrected chi connectivity index (χ1v) is 7.83. The minimum Gasteiger partial charge on any atom is -0.295 e. The van der Waals surface area contributed by atoms with Crippen molar-refractivity contribution in [2.24, 2.45) is 5.92 Å². The van der Waals surface area contributed by atoms with Crippen LogP contribution in [0.2, 0.25) is 0 Å². The molecule has 1 fully saturated rings. The number of hydrogen-bond donors (Lipinski definition) is 1. The third-order valence-electron chi connectivity index (χ3n) is 3.52. The van der Waals surface area contributed by atoms with E-state index >= 15 is 0 Å². The Morgan fingerprint density at radius 3 is 2.60 bits per heavy atom. The molecule has 1 aromatic carbocycles. The monoisotopic (exact) mass is 292 g/mol. The van der Waals surface area contributed by atoms with Crippen molar-refractivity contribution in [1.29, 1.82) is 5.26 Å². The molecule has 1 aliphatic rings. The molecule has 0 aliphatic heterocycles. The number of Topliss-reactive ketones (excluding diaryl/α,β-unsaturated/α-hetero) is 1. The number of nitriles is 1. The maximum Gasteiger partial charge on any atom is 0.241 e. The molecule has 5 nitrogen and oxygen atoms in total. The molecular weight excluding hydrogens is 276 g/mol. The summed E-state index contributed by atoms with van der Waals surface area (Å²) in [4.78, 5) is 11.3. The lowest BCUT2D eigenvalue weighted by Crippen LogP contribution is -2.46. The van der Waals surface area contributed by atoms with Crippen LogP contribution in [0, 0.1) is 17.2 Å². The number of benzene rings is 1. The van der Waals surface area contributed by atoms with E-state index in [1.807, 2.05) is 6.07 Å². The standard InChI is InChI=1S/C14H16N2O3S/c1-10(17)11-4-3-5-13(8-11)20(18,19)16-14(2,9-15)12-6-7-12/h3-5,8,12,16H,6-7H2,1-2H3/t14-/m1/s1. The largest absolute Gasteiger partial charge is 0.295 e. The Labute approximate surface area is 118 Å². The van der Waals surface area contributed by atoms with E-state index in [4.69, 9.17) is 0 Å². The van der Waals surface area contributed by atoms with Crippen molar-refractivity contribution in [2.75, 3.05) is 0 Å². The normalized spacial score (nSPS) is 18.1. The highest BCUT2D eigenvalue weighted by Crippen LogP contribution is 2.39. The molecule has 2 rings (SSSR count). The van der Waals surface area contributed by atoms with Gasteiger partial charge in [0.05, 0.1) is 11.0 Å². The van der Waals surface area contributed by atoms with E-state index in [1.54, 1.807) is 13.0 Å². The molecule has 0 spiro atoms. The van der Waals surface area contributed by atoms with Gasteiger partial charge in [0.2, 0.25) is 10.0 Å². The average molecular weight is 292 g/mol. The Hall–Kier alpha value is -1.71. The minimum absolute atomic E-state index is 0.00678. The molecule has 1 N–H and O–H groups in total. The second-order valence-electron chi connectivity index (χ2n) is 5.28. The second kappa shape index (κ2) is 5.00. The summed E-state index contributed by atoms with van der Waals surface area (Å²) in [5, 5.41) is 9.22. The van der Waals surface area contributed by atoms with Gasteiger partial charge >= 0.3 is 0 Å². The Bertz CT molecular complexity index is 687. The summed E-state index contributed by atoms with van der Waals surface area (Å²) in [6.07, 6.45) is 1.69. The highest BCUT2D eigenvalue weighted by molar-refractivity contribution is 7.89. The van der Waals surface area contributed by atoms with Gasteiger partial charge in [0.25, 0.3) is 0 Å². The molecule has 0 heterocycles. The molecular formula is C14H16N2O3S. The summed E-state index contributed by atoms with van der Waals surface area (Å²) >= 11 is 0. The van der Waals surface area contributed by atoms with Gasteiger partial charge in [0.15, 0.2) is 5.78 Å². The van der Waals surface area contributed by atoms with Crippen molar-refractivity contribution in [3.8, 4) is 6.07 Å². The van der Waals surface area contributed by atoms with Crippen LogP contribution in [0.25, 0.3) is 0 Å². The first-order valence-electron chi connectivity index (χ1n) is 6.35. The van der Waals surface area contributed by atoms with Crippen LogP contribution in [0.15, 0.2) is 29.2 Å². The topological polar surface area (TPSA) is 87.0 Å². The molecule has 0 radical (unpaired) electrons. The second-order valence-corrected chi connectivity index (χ2v) is 6.96. The van der Waals surface area contributed by atoms with E-state index < -0.39 is 15.6 Å². The van der Waals surface area contributed by atoms with Gasteiger partial charge in [-0.05, 0) is 44.7 Å². The lowest BCUT2D eigenvalue weighted by atomic mass is 10.0. The zero-order valence-electron chi connectivity index (χ0n) is 11.4. The van der Waals surface area contributed by atoms with E-state index in [1.165, 1.54) is 25.1 Å². The molecule has 0 unspecified atom stereocenters. The fourth-order valence-corrected chi connectivity index (χ4v) is 3.51. The summed E-state index contributed by atoms with van der Waals surface area (Å²) in [6.45, 7) is 2.97. The predicted molar refractivity (Wildman–Crippen MR) is 73.5 cm³/mol. The van der Waals surface area contributed by atoms with Crippen LogP contribution in [0.5, 0.6) is 0 Å². The van der Waals surface area contributed by atoms with Crippen LogP contribution in [0.4, 0.5) is 0 Å². The van der Waals surface area contributed by atoms with Crippen molar-refractivity contribution in [3.05, 3.63) is 29.8 Å². The van der Waals surface area contributed by atoms with Gasteiger partial charge in [0, 0.05) is 5.56 Å². The van der Waals surface area contributed by atoms with Gasteiger partial charge in [-0.3, -0.25) is 4.79 Å². The zero-order chi connectivity index (χ0) is 15.0. The van der Waals surface area contributed by atoms with E-state index in [2.05, 4.69) is 4.72 Å². The maximum atomic E-state index is 12.3. The van der Waals surface area contributed by atoms with E-state index in [9.17, 15) is 18.5 Å². The van der Waals surface area contributed by atoms with Gasteiger partial charge in [-0.15, -0.1) is 0 Å². The van der Waals surface area contributed by atoms with E-state index in [0.717, 1.165) is 12.8 Å². The van der Waals surface area contributed by atoms with Crippen molar-refractivity contribution in [2.45, 2.75) is 37.1 Å². The highest BCUT2D eigenvalue weighted by Gasteiger charge is 2.44. The van der Waals surface area contributed by atoms with E-state index in [0.29, 0.717) is 5.56 Å².